The monoisotopic (exact) mass is 363 g/mol. The quantitative estimate of drug-likeness (QED) is 0.678. The summed E-state index contributed by atoms with van der Waals surface area (Å²) in [6.07, 6.45) is 3.39. The van der Waals surface area contributed by atoms with Crippen LogP contribution in [0, 0.1) is 13.8 Å². The van der Waals surface area contributed by atoms with Gasteiger partial charge in [-0.05, 0) is 31.0 Å². The largest absolute Gasteiger partial charge is 0.273 e. The zero-order chi connectivity index (χ0) is 19.2. The van der Waals surface area contributed by atoms with E-state index < -0.39 is 0 Å². The van der Waals surface area contributed by atoms with Crippen LogP contribution in [-0.2, 0) is 17.8 Å². The number of hydrogen-bond donors (Lipinski definition) is 2. The van der Waals surface area contributed by atoms with Crippen molar-refractivity contribution in [3.8, 4) is 0 Å². The Bertz CT molecular complexity index is 936. The minimum absolute atomic E-state index is 0.138. The number of amides is 2. The summed E-state index contributed by atoms with van der Waals surface area (Å²) in [6.45, 7) is 4.20. The van der Waals surface area contributed by atoms with E-state index in [1.165, 1.54) is 0 Å². The highest BCUT2D eigenvalue weighted by atomic mass is 16.2. The highest BCUT2D eigenvalue weighted by Crippen LogP contribution is 2.14. The summed E-state index contributed by atoms with van der Waals surface area (Å²) in [5, 5.41) is 4.46. The van der Waals surface area contributed by atoms with E-state index in [0.717, 1.165) is 16.8 Å². The molecule has 0 radical (unpaired) electrons. The summed E-state index contributed by atoms with van der Waals surface area (Å²) in [5.74, 6) is -0.702. The highest BCUT2D eigenvalue weighted by Gasteiger charge is 2.19. The summed E-state index contributed by atoms with van der Waals surface area (Å²) in [5.41, 5.74) is 8.60. The maximum atomic E-state index is 12.5. The van der Waals surface area contributed by atoms with Crippen molar-refractivity contribution in [3.05, 3.63) is 82.9 Å². The molecule has 0 aliphatic carbocycles. The molecule has 0 unspecified atom stereocenters. The Morgan fingerprint density at radius 3 is 2.44 bits per heavy atom. The molecule has 3 rings (SSSR count). The lowest BCUT2D eigenvalue weighted by molar-refractivity contribution is -0.121. The number of aromatic nitrogens is 3. The number of benzene rings is 1. The van der Waals surface area contributed by atoms with Crippen LogP contribution in [0.3, 0.4) is 0 Å². The van der Waals surface area contributed by atoms with Crippen LogP contribution in [0.15, 0.2) is 54.9 Å². The molecule has 2 amide bonds. The zero-order valence-electron chi connectivity index (χ0n) is 15.3. The van der Waals surface area contributed by atoms with Crippen LogP contribution in [0.4, 0.5) is 0 Å². The number of hydrazine groups is 1. The van der Waals surface area contributed by atoms with Gasteiger partial charge in [0.05, 0.1) is 24.2 Å². The lowest BCUT2D eigenvalue weighted by Crippen LogP contribution is -2.42. The number of rotatable bonds is 5. The van der Waals surface area contributed by atoms with E-state index in [1.807, 2.05) is 37.3 Å². The molecule has 0 aliphatic heterocycles. The second kappa shape index (κ2) is 8.27. The topological polar surface area (TPSA) is 88.9 Å². The molecule has 27 heavy (non-hydrogen) atoms. The zero-order valence-corrected chi connectivity index (χ0v) is 15.3. The predicted octanol–water partition coefficient (Wildman–Crippen LogP) is 1.95. The number of nitrogens with one attached hydrogen (secondary N) is 2. The van der Waals surface area contributed by atoms with Gasteiger partial charge in [-0.15, -0.1) is 0 Å². The predicted molar refractivity (Wildman–Crippen MR) is 101 cm³/mol. The third-order valence-corrected chi connectivity index (χ3v) is 4.19. The fourth-order valence-corrected chi connectivity index (χ4v) is 2.86. The van der Waals surface area contributed by atoms with Crippen LogP contribution in [0.5, 0.6) is 0 Å². The molecular weight excluding hydrogens is 342 g/mol. The molecule has 0 atom stereocenters. The second-order valence-corrected chi connectivity index (χ2v) is 6.23. The van der Waals surface area contributed by atoms with Gasteiger partial charge in [-0.3, -0.25) is 30.1 Å². The van der Waals surface area contributed by atoms with Gasteiger partial charge < -0.3 is 0 Å². The van der Waals surface area contributed by atoms with Crippen LogP contribution >= 0.6 is 0 Å². The Morgan fingerprint density at radius 1 is 1.00 bits per heavy atom. The van der Waals surface area contributed by atoms with Crippen molar-refractivity contribution in [1.29, 1.82) is 0 Å². The molecule has 1 aromatic carbocycles. The Morgan fingerprint density at radius 2 is 1.74 bits per heavy atom. The first-order chi connectivity index (χ1) is 13.0. The van der Waals surface area contributed by atoms with Gasteiger partial charge in [0.25, 0.3) is 5.91 Å². The summed E-state index contributed by atoms with van der Waals surface area (Å²) in [6, 6.07) is 13.5. The third kappa shape index (κ3) is 4.58. The number of carbonyl (C=O) groups is 2. The van der Waals surface area contributed by atoms with Crippen LogP contribution in [0.25, 0.3) is 0 Å². The minimum atomic E-state index is -0.385. The van der Waals surface area contributed by atoms with E-state index in [9.17, 15) is 9.59 Å². The molecular formula is C20H21N5O2. The minimum Gasteiger partial charge on any atom is -0.273 e. The number of hydrogen-bond acceptors (Lipinski definition) is 4. The smallest absolute Gasteiger partial charge is 0.273 e. The maximum Gasteiger partial charge on any atom is 0.273 e. The second-order valence-electron chi connectivity index (χ2n) is 6.23. The summed E-state index contributed by atoms with van der Waals surface area (Å²) < 4.78 is 1.79. The van der Waals surface area contributed by atoms with Crippen molar-refractivity contribution in [3.63, 3.8) is 0 Å². The van der Waals surface area contributed by atoms with Gasteiger partial charge in [0, 0.05) is 18.1 Å². The Labute approximate surface area is 157 Å². The summed E-state index contributed by atoms with van der Waals surface area (Å²) in [7, 11) is 0. The summed E-state index contributed by atoms with van der Waals surface area (Å²) >= 11 is 0. The van der Waals surface area contributed by atoms with Crippen molar-refractivity contribution >= 4 is 11.8 Å². The molecule has 138 valence electrons. The fraction of sp³-hybridized carbons (Fsp3) is 0.200. The van der Waals surface area contributed by atoms with Crippen molar-refractivity contribution in [2.75, 3.05) is 0 Å². The van der Waals surface area contributed by atoms with Crippen molar-refractivity contribution in [2.24, 2.45) is 0 Å². The standard InChI is InChI=1S/C20H21N5O2/c1-14-19(15(2)25(24-14)13-16-7-4-3-5-8-16)20(27)23-22-18(26)11-17-9-6-10-21-12-17/h3-10,12H,11,13H2,1-2H3,(H,22,26)(H,23,27). The molecule has 7 heteroatoms. The van der Waals surface area contributed by atoms with Crippen LogP contribution < -0.4 is 10.9 Å². The molecule has 0 bridgehead atoms. The van der Waals surface area contributed by atoms with Crippen LogP contribution in [0.2, 0.25) is 0 Å². The normalized spacial score (nSPS) is 10.4. The van der Waals surface area contributed by atoms with Crippen LogP contribution in [-0.4, -0.2) is 26.6 Å². The lowest BCUT2D eigenvalue weighted by atomic mass is 10.2. The molecule has 7 nitrogen and oxygen atoms in total. The fourth-order valence-electron chi connectivity index (χ4n) is 2.86. The van der Waals surface area contributed by atoms with E-state index in [0.29, 0.717) is 17.8 Å². The number of pyridine rings is 1. The molecule has 0 aliphatic rings. The Balaban J connectivity index is 1.63. The summed E-state index contributed by atoms with van der Waals surface area (Å²) in [4.78, 5) is 28.5. The van der Waals surface area contributed by atoms with Crippen molar-refractivity contribution < 1.29 is 9.59 Å². The first-order valence-corrected chi connectivity index (χ1v) is 8.60. The van der Waals surface area contributed by atoms with Gasteiger partial charge in [-0.25, -0.2) is 0 Å². The first-order valence-electron chi connectivity index (χ1n) is 8.60. The number of aryl methyl sites for hydroxylation is 1. The Hall–Kier alpha value is -3.48. The van der Waals surface area contributed by atoms with Crippen LogP contribution in [0.1, 0.15) is 32.9 Å². The number of nitrogens with zero attached hydrogens (tertiary/aromatic N) is 3. The number of carbonyl (C=O) groups excluding carboxylic acids is 2. The molecule has 2 aromatic heterocycles. The van der Waals surface area contributed by atoms with Gasteiger partial charge in [0.2, 0.25) is 5.91 Å². The van der Waals surface area contributed by atoms with Gasteiger partial charge in [0.1, 0.15) is 0 Å². The van der Waals surface area contributed by atoms with E-state index in [4.69, 9.17) is 0 Å². The SMILES string of the molecule is Cc1nn(Cc2ccccc2)c(C)c1C(=O)NNC(=O)Cc1cccnc1. The van der Waals surface area contributed by atoms with E-state index in [-0.39, 0.29) is 18.2 Å². The van der Waals surface area contributed by atoms with E-state index in [1.54, 1.807) is 36.1 Å². The van der Waals surface area contributed by atoms with Gasteiger partial charge in [-0.1, -0.05) is 36.4 Å². The molecule has 2 heterocycles. The van der Waals surface area contributed by atoms with Gasteiger partial charge in [-0.2, -0.15) is 5.10 Å². The average molecular weight is 363 g/mol. The molecule has 0 fully saturated rings. The van der Waals surface area contributed by atoms with Gasteiger partial charge >= 0.3 is 0 Å². The molecule has 0 saturated carbocycles. The molecule has 0 saturated heterocycles. The van der Waals surface area contributed by atoms with Gasteiger partial charge in [0.15, 0.2) is 0 Å². The van der Waals surface area contributed by atoms with Crippen molar-refractivity contribution in [1.82, 2.24) is 25.6 Å². The lowest BCUT2D eigenvalue weighted by Gasteiger charge is -2.08. The van der Waals surface area contributed by atoms with Crippen molar-refractivity contribution in [2.45, 2.75) is 26.8 Å². The molecule has 3 aromatic rings. The highest BCUT2D eigenvalue weighted by molar-refractivity contribution is 5.97. The first kappa shape index (κ1) is 18.3. The van der Waals surface area contributed by atoms with E-state index in [2.05, 4.69) is 20.9 Å². The maximum absolute atomic E-state index is 12.5. The third-order valence-electron chi connectivity index (χ3n) is 4.19. The molecule has 0 spiro atoms. The molecule has 2 N–H and O–H groups in total. The Kier molecular flexibility index (Phi) is 5.61. The van der Waals surface area contributed by atoms with E-state index >= 15 is 0 Å². The average Bonchev–Trinajstić information content (AvgIpc) is 2.95.